The number of rotatable bonds is 2. The van der Waals surface area contributed by atoms with E-state index in [0.29, 0.717) is 6.04 Å². The van der Waals surface area contributed by atoms with Crippen molar-refractivity contribution in [2.45, 2.75) is 45.1 Å². The van der Waals surface area contributed by atoms with Crippen LogP contribution in [0.2, 0.25) is 0 Å². The van der Waals surface area contributed by atoms with Gasteiger partial charge >= 0.3 is 0 Å². The minimum absolute atomic E-state index is 0.149. The highest BCUT2D eigenvalue weighted by atomic mass is 79.9. The summed E-state index contributed by atoms with van der Waals surface area (Å²) in [5.74, 6) is 0.149. The fraction of sp³-hybridized carbons (Fsp3) is 0.533. The van der Waals surface area contributed by atoms with E-state index in [9.17, 15) is 5.26 Å². The van der Waals surface area contributed by atoms with Crippen LogP contribution in [0.15, 0.2) is 22.7 Å². The third-order valence-corrected chi connectivity index (χ3v) is 4.58. The third-order valence-electron chi connectivity index (χ3n) is 3.69. The van der Waals surface area contributed by atoms with Crippen molar-refractivity contribution < 1.29 is 0 Å². The molecule has 2 nitrogen and oxygen atoms in total. The predicted octanol–water partition coefficient (Wildman–Crippen LogP) is 4.64. The highest BCUT2D eigenvalue weighted by Crippen LogP contribution is 2.27. The molecule has 1 aliphatic rings. The van der Waals surface area contributed by atoms with E-state index in [0.717, 1.165) is 23.0 Å². The quantitative estimate of drug-likeness (QED) is 0.808. The molecule has 0 spiro atoms. The van der Waals surface area contributed by atoms with E-state index >= 15 is 0 Å². The molecule has 1 aromatic carbocycles. The van der Waals surface area contributed by atoms with E-state index in [1.807, 2.05) is 0 Å². The number of nitriles is 1. The monoisotopic (exact) mass is 306 g/mol. The molecule has 2 unspecified atom stereocenters. The molecule has 0 radical (unpaired) electrons. The van der Waals surface area contributed by atoms with E-state index < -0.39 is 0 Å². The van der Waals surface area contributed by atoms with Gasteiger partial charge in [-0.1, -0.05) is 35.2 Å². The Hall–Kier alpha value is -1.01. The zero-order valence-corrected chi connectivity index (χ0v) is 12.3. The number of hydrogen-bond donors (Lipinski definition) is 1. The maximum absolute atomic E-state index is 9.27. The van der Waals surface area contributed by atoms with Crippen LogP contribution in [0.4, 0.5) is 5.69 Å². The first-order chi connectivity index (χ1) is 8.70. The van der Waals surface area contributed by atoms with Crippen molar-refractivity contribution in [3.63, 3.8) is 0 Å². The molecular weight excluding hydrogens is 288 g/mol. The van der Waals surface area contributed by atoms with Crippen molar-refractivity contribution in [1.29, 1.82) is 5.26 Å². The summed E-state index contributed by atoms with van der Waals surface area (Å²) in [7, 11) is 0. The Balaban J connectivity index is 2.10. The van der Waals surface area contributed by atoms with Gasteiger partial charge in [-0.2, -0.15) is 5.26 Å². The normalized spacial score (nSPS) is 24.1. The van der Waals surface area contributed by atoms with Gasteiger partial charge in [-0.05, 0) is 43.5 Å². The Kier molecular flexibility index (Phi) is 4.66. The average molecular weight is 307 g/mol. The molecule has 0 saturated heterocycles. The summed E-state index contributed by atoms with van der Waals surface area (Å²) in [5, 5.41) is 12.8. The molecule has 1 aromatic rings. The van der Waals surface area contributed by atoms with Crippen LogP contribution in [0.25, 0.3) is 0 Å². The van der Waals surface area contributed by atoms with Crippen LogP contribution in [0, 0.1) is 24.2 Å². The second-order valence-electron chi connectivity index (χ2n) is 5.09. The summed E-state index contributed by atoms with van der Waals surface area (Å²) in [5.41, 5.74) is 2.35. The summed E-state index contributed by atoms with van der Waals surface area (Å²) in [6, 6.07) is 9.06. The highest BCUT2D eigenvalue weighted by Gasteiger charge is 2.23. The number of aryl methyl sites for hydroxylation is 1. The molecule has 2 rings (SSSR count). The number of halogens is 1. The molecule has 1 fully saturated rings. The molecule has 1 aliphatic carbocycles. The minimum Gasteiger partial charge on any atom is -0.381 e. The van der Waals surface area contributed by atoms with Crippen LogP contribution in [0.5, 0.6) is 0 Å². The Labute approximate surface area is 118 Å². The first-order valence-corrected chi connectivity index (χ1v) is 7.42. The van der Waals surface area contributed by atoms with Gasteiger partial charge in [-0.3, -0.25) is 0 Å². The molecule has 0 bridgehead atoms. The molecule has 18 heavy (non-hydrogen) atoms. The lowest BCUT2D eigenvalue weighted by Gasteiger charge is -2.22. The molecule has 1 saturated carbocycles. The van der Waals surface area contributed by atoms with Crippen molar-refractivity contribution in [1.82, 2.24) is 0 Å². The molecule has 0 heterocycles. The molecule has 0 aromatic heterocycles. The van der Waals surface area contributed by atoms with Gasteiger partial charge in [0.2, 0.25) is 0 Å². The third kappa shape index (κ3) is 3.26. The second kappa shape index (κ2) is 6.24. The molecule has 1 N–H and O–H groups in total. The van der Waals surface area contributed by atoms with E-state index in [2.05, 4.69) is 52.4 Å². The van der Waals surface area contributed by atoms with Crippen molar-refractivity contribution in [2.24, 2.45) is 5.92 Å². The summed E-state index contributed by atoms with van der Waals surface area (Å²) >= 11 is 3.51. The van der Waals surface area contributed by atoms with Gasteiger partial charge in [0.15, 0.2) is 0 Å². The lowest BCUT2D eigenvalue weighted by molar-refractivity contribution is 0.514. The summed E-state index contributed by atoms with van der Waals surface area (Å²) in [4.78, 5) is 0. The van der Waals surface area contributed by atoms with Gasteiger partial charge in [-0.25, -0.2) is 0 Å². The van der Waals surface area contributed by atoms with Gasteiger partial charge in [-0.15, -0.1) is 0 Å². The number of nitrogens with one attached hydrogen (secondary N) is 1. The average Bonchev–Trinajstić information content (AvgIpc) is 2.59. The van der Waals surface area contributed by atoms with Crippen LogP contribution < -0.4 is 5.32 Å². The Morgan fingerprint density at radius 1 is 1.28 bits per heavy atom. The maximum Gasteiger partial charge on any atom is 0.0677 e. The lowest BCUT2D eigenvalue weighted by atomic mass is 9.96. The van der Waals surface area contributed by atoms with Gasteiger partial charge in [0, 0.05) is 16.2 Å². The molecule has 3 heteroatoms. The minimum atomic E-state index is 0.149. The van der Waals surface area contributed by atoms with Crippen molar-refractivity contribution in [3.05, 3.63) is 28.2 Å². The smallest absolute Gasteiger partial charge is 0.0677 e. The van der Waals surface area contributed by atoms with Crippen LogP contribution >= 0.6 is 15.9 Å². The zero-order valence-electron chi connectivity index (χ0n) is 10.7. The summed E-state index contributed by atoms with van der Waals surface area (Å²) in [6.07, 6.45) is 5.81. The van der Waals surface area contributed by atoms with Crippen molar-refractivity contribution in [3.8, 4) is 6.07 Å². The molecule has 0 amide bonds. The zero-order chi connectivity index (χ0) is 13.0. The number of anilines is 1. The van der Waals surface area contributed by atoms with Crippen LogP contribution in [-0.2, 0) is 0 Å². The molecule has 2 atom stereocenters. The topological polar surface area (TPSA) is 35.8 Å². The van der Waals surface area contributed by atoms with Gasteiger partial charge in [0.1, 0.15) is 0 Å². The number of nitrogens with zero attached hydrogens (tertiary/aromatic N) is 1. The summed E-state index contributed by atoms with van der Waals surface area (Å²) in [6.45, 7) is 2.09. The SMILES string of the molecule is Cc1cc(NC2CCCCCC2C#N)ccc1Br. The lowest BCUT2D eigenvalue weighted by Crippen LogP contribution is -2.27. The fourth-order valence-electron chi connectivity index (χ4n) is 2.58. The Morgan fingerprint density at radius 2 is 2.06 bits per heavy atom. The first kappa shape index (κ1) is 13.4. The largest absolute Gasteiger partial charge is 0.381 e. The van der Waals surface area contributed by atoms with Gasteiger partial charge < -0.3 is 5.32 Å². The van der Waals surface area contributed by atoms with Gasteiger partial charge in [0.05, 0.1) is 12.0 Å². The molecule has 0 aliphatic heterocycles. The highest BCUT2D eigenvalue weighted by molar-refractivity contribution is 9.10. The second-order valence-corrected chi connectivity index (χ2v) is 5.94. The predicted molar refractivity (Wildman–Crippen MR) is 78.5 cm³/mol. The standard InChI is InChI=1S/C15H19BrN2/c1-11-9-13(7-8-14(11)16)18-15-6-4-2-3-5-12(15)10-17/h7-9,12,15,18H,2-6H2,1H3. The van der Waals surface area contributed by atoms with E-state index in [-0.39, 0.29) is 5.92 Å². The van der Waals surface area contributed by atoms with Crippen LogP contribution in [0.1, 0.15) is 37.7 Å². The van der Waals surface area contributed by atoms with Crippen LogP contribution in [0.3, 0.4) is 0 Å². The Morgan fingerprint density at radius 3 is 2.78 bits per heavy atom. The van der Waals surface area contributed by atoms with Gasteiger partial charge in [0.25, 0.3) is 0 Å². The Bertz CT molecular complexity index is 450. The number of benzene rings is 1. The molecular formula is C15H19BrN2. The van der Waals surface area contributed by atoms with E-state index in [1.165, 1.54) is 24.8 Å². The first-order valence-electron chi connectivity index (χ1n) is 6.63. The van der Waals surface area contributed by atoms with Crippen molar-refractivity contribution >= 4 is 21.6 Å². The van der Waals surface area contributed by atoms with Crippen LogP contribution in [-0.4, -0.2) is 6.04 Å². The number of hydrogen-bond acceptors (Lipinski definition) is 2. The summed E-state index contributed by atoms with van der Waals surface area (Å²) < 4.78 is 1.13. The fourth-order valence-corrected chi connectivity index (χ4v) is 2.83. The maximum atomic E-state index is 9.27. The van der Waals surface area contributed by atoms with E-state index in [4.69, 9.17) is 0 Å². The molecule has 96 valence electrons. The van der Waals surface area contributed by atoms with E-state index in [1.54, 1.807) is 0 Å². The van der Waals surface area contributed by atoms with Crippen molar-refractivity contribution in [2.75, 3.05) is 5.32 Å².